The number of nitrogens with two attached hydrogens (primary N) is 2. The lowest BCUT2D eigenvalue weighted by Gasteiger charge is -2.32. The van der Waals surface area contributed by atoms with Gasteiger partial charge >= 0.3 is 23.9 Å². The van der Waals surface area contributed by atoms with Gasteiger partial charge in [0.05, 0.1) is 81.4 Å². The van der Waals surface area contributed by atoms with Gasteiger partial charge in [0, 0.05) is 130 Å². The molecule has 4 heterocycles. The molecule has 5 rings (SSSR count). The number of imide groups is 1. The third kappa shape index (κ3) is 36.0. The van der Waals surface area contributed by atoms with Gasteiger partial charge in [0.15, 0.2) is 0 Å². The van der Waals surface area contributed by atoms with Crippen LogP contribution in [-0.4, -0.2) is 372 Å². The molecular formula is C75H116N16O25S2. The van der Waals surface area contributed by atoms with Crippen molar-refractivity contribution in [1.82, 2.24) is 71.5 Å². The van der Waals surface area contributed by atoms with Gasteiger partial charge in [-0.2, -0.15) is 0 Å². The molecule has 0 aliphatic carbocycles. The van der Waals surface area contributed by atoms with Crippen molar-refractivity contribution in [2.45, 2.75) is 159 Å². The van der Waals surface area contributed by atoms with E-state index in [0.717, 1.165) is 11.3 Å². The SMILES string of the molecule is CCCCCC(=O)N[C@@H](CSC1=C(SC[C@H](NC(=O)[C@H](Cc2ccccc2)NC(=O)[C@H](CCC(N)=O)NC(=O)C[C@@H](C)O)C(=O)N[C@@H](CC(=O)O)C(N)=O)C(=O)N(CCCOCCOCCOCCCNC(=O)CN2CCN(CC(=O)O)CCN(CC(=O)O)CCN(CC(=O)O)CC2)C1=O)C(=O)N1CCC[C@H]1C(=O)N1CCC[C@H]1C(=O)NC. The number of aliphatic carboxylic acids is 4. The number of thioether (sulfide) groups is 2. The van der Waals surface area contributed by atoms with Crippen molar-refractivity contribution in [3.63, 3.8) is 0 Å². The van der Waals surface area contributed by atoms with Crippen LogP contribution in [0.5, 0.6) is 0 Å². The highest BCUT2D eigenvalue weighted by Crippen LogP contribution is 2.38. The summed E-state index contributed by atoms with van der Waals surface area (Å²) in [6, 6.07) is -2.07. The van der Waals surface area contributed by atoms with Gasteiger partial charge in [0.1, 0.15) is 42.3 Å². The first kappa shape index (κ1) is 99.1. The molecule has 0 unspecified atom stereocenters. The second-order valence-electron chi connectivity index (χ2n) is 28.8. The Labute approximate surface area is 692 Å². The van der Waals surface area contributed by atoms with E-state index in [9.17, 15) is 102 Å². The molecule has 43 heteroatoms. The number of carbonyl (C=O) groups excluding carboxylic acids is 13. The van der Waals surface area contributed by atoms with E-state index in [0.29, 0.717) is 67.6 Å². The molecule has 3 saturated heterocycles. The van der Waals surface area contributed by atoms with Crippen LogP contribution >= 0.6 is 23.5 Å². The first-order valence-electron chi connectivity index (χ1n) is 39.5. The van der Waals surface area contributed by atoms with E-state index in [1.807, 2.05) is 6.92 Å². The van der Waals surface area contributed by atoms with Crippen LogP contribution in [-0.2, 0) is 102 Å². The van der Waals surface area contributed by atoms with Gasteiger partial charge in [-0.3, -0.25) is 106 Å². The number of likely N-dealkylation sites (N-methyl/N-ethyl adjacent to an activating group) is 1. The summed E-state index contributed by atoms with van der Waals surface area (Å²) >= 11 is 1.26. The number of unbranched alkanes of at least 4 members (excludes halogenated alkanes) is 2. The highest BCUT2D eigenvalue weighted by atomic mass is 32.2. The minimum Gasteiger partial charge on any atom is -0.481 e. The summed E-state index contributed by atoms with van der Waals surface area (Å²) in [6.07, 6.45) is 0.125. The minimum absolute atomic E-state index is 0.00549. The fraction of sp³-hybridized carbons (Fsp3) is 0.667. The van der Waals surface area contributed by atoms with Crippen molar-refractivity contribution >= 4 is 124 Å². The molecule has 0 aromatic heterocycles. The summed E-state index contributed by atoms with van der Waals surface area (Å²) in [6.45, 7) is 5.15. The fourth-order valence-electron chi connectivity index (χ4n) is 13.3. The number of rotatable bonds is 53. The monoisotopic (exact) mass is 1700 g/mol. The number of benzene rings is 1. The largest absolute Gasteiger partial charge is 0.481 e. The number of aliphatic hydroxyl groups is 1. The van der Waals surface area contributed by atoms with Crippen LogP contribution in [0.25, 0.3) is 0 Å². The highest BCUT2D eigenvalue weighted by molar-refractivity contribution is 8.08. The molecule has 118 heavy (non-hydrogen) atoms. The molecule has 1 aromatic carbocycles. The van der Waals surface area contributed by atoms with Gasteiger partial charge in [-0.15, -0.1) is 23.5 Å². The topological polar surface area (TPSA) is 578 Å². The summed E-state index contributed by atoms with van der Waals surface area (Å²) in [7, 11) is 1.45. The number of carboxylic acids is 4. The fourth-order valence-corrected chi connectivity index (χ4v) is 15.7. The number of hydrogen-bond donors (Lipinski definition) is 14. The molecule has 16 N–H and O–H groups in total. The van der Waals surface area contributed by atoms with E-state index >= 15 is 4.79 Å². The molecule has 0 spiro atoms. The summed E-state index contributed by atoms with van der Waals surface area (Å²) in [5.74, 6) is -16.4. The van der Waals surface area contributed by atoms with Crippen LogP contribution in [0.15, 0.2) is 40.1 Å². The Kier molecular flexibility index (Phi) is 44.6. The predicted octanol–water partition coefficient (Wildman–Crippen LogP) is -4.57. The quantitative estimate of drug-likeness (QED) is 0.0216. The molecule has 658 valence electrons. The standard InChI is InChI=1S/C75H116N16O25S2/c1-4-5-7-18-58(94)81-54(72(110)90-23-11-17-56(90)73(111)89-22-10-16-55(89)71(109)78-3)47-118-66-65(117-46-53(70(108)82-51(67(77)105)41-61(97)98)84-69(107)52(40-49-14-8-6-9-15-49)83-68(106)50(19-20-57(76)93)80-59(95)39-48(2)92)74(112)91(75(66)113)24-13-34-115-36-38-116-37-35-114-33-12-21-79-60(96)42-85-25-27-86(43-62(99)100)29-31-88(45-64(103)104)32-30-87(28-26-85)44-63(101)102/h6,8-9,14-15,48,50-56,92H,4-5,7,10-13,16-47H2,1-3H3,(H2,76,93)(H2,77,105)(H,78,109)(H,79,96)(H,80,95)(H,81,94)(H,82,108)(H,83,106)(H,84,107)(H,97,98)(H,99,100)(H,101,102)(H,103,104)/t48-,50+,51+,52+,53+,54+,55+,56+/m1/s1. The van der Waals surface area contributed by atoms with Crippen molar-refractivity contribution < 1.29 is 121 Å². The highest BCUT2D eigenvalue weighted by Gasteiger charge is 2.46. The van der Waals surface area contributed by atoms with E-state index < -0.39 is 168 Å². The van der Waals surface area contributed by atoms with Gasteiger partial charge in [-0.05, 0) is 63.9 Å². The lowest BCUT2D eigenvalue weighted by molar-refractivity contribution is -0.147. The van der Waals surface area contributed by atoms with E-state index in [1.165, 1.54) is 23.8 Å². The maximum Gasteiger partial charge on any atom is 0.317 e. The number of primary amides is 2. The van der Waals surface area contributed by atoms with E-state index in [1.54, 1.807) is 49.9 Å². The summed E-state index contributed by atoms with van der Waals surface area (Å²) in [5, 5.41) is 66.2. The van der Waals surface area contributed by atoms with Crippen LogP contribution in [0.3, 0.4) is 0 Å². The molecule has 4 aliphatic heterocycles. The number of carboxylic acid groups (broad SMARTS) is 4. The van der Waals surface area contributed by atoms with Gasteiger partial charge < -0.3 is 98.2 Å². The number of nitrogens with zero attached hydrogens (tertiary/aromatic N) is 7. The Morgan fingerprint density at radius 3 is 1.52 bits per heavy atom. The normalized spacial score (nSPS) is 18.2. The molecule has 4 aliphatic rings. The Bertz CT molecular complexity index is 3590. The molecular weight excluding hydrogens is 1590 g/mol. The first-order valence-corrected chi connectivity index (χ1v) is 41.5. The Hall–Kier alpha value is -9.47. The molecule has 41 nitrogen and oxygen atoms in total. The summed E-state index contributed by atoms with van der Waals surface area (Å²) in [5.41, 5.74) is 11.4. The van der Waals surface area contributed by atoms with E-state index in [2.05, 4.69) is 37.2 Å². The lowest BCUT2D eigenvalue weighted by atomic mass is 10.0. The third-order valence-electron chi connectivity index (χ3n) is 19.4. The lowest BCUT2D eigenvalue weighted by Crippen LogP contribution is -2.59. The van der Waals surface area contributed by atoms with Gasteiger partial charge in [0.2, 0.25) is 65.0 Å². The zero-order valence-corrected chi connectivity index (χ0v) is 68.7. The van der Waals surface area contributed by atoms with Crippen molar-refractivity contribution in [3.05, 3.63) is 45.7 Å². The zero-order valence-electron chi connectivity index (χ0n) is 67.1. The third-order valence-corrected chi connectivity index (χ3v) is 21.9. The molecule has 0 saturated carbocycles. The molecule has 0 radical (unpaired) electrons. The van der Waals surface area contributed by atoms with Crippen LogP contribution in [0.1, 0.15) is 109 Å². The number of amides is 13. The van der Waals surface area contributed by atoms with E-state index in [-0.39, 0.29) is 198 Å². The maximum absolute atomic E-state index is 15.0. The molecule has 8 atom stereocenters. The average Bonchev–Trinajstić information content (AvgIpc) is 1.64. The van der Waals surface area contributed by atoms with Crippen LogP contribution in [0, 0.1) is 0 Å². The van der Waals surface area contributed by atoms with Crippen molar-refractivity contribution in [3.8, 4) is 0 Å². The Morgan fingerprint density at radius 1 is 0.517 bits per heavy atom. The van der Waals surface area contributed by atoms with Crippen molar-refractivity contribution in [1.29, 1.82) is 0 Å². The number of hydrogen-bond acceptors (Lipinski definition) is 27. The molecule has 0 bridgehead atoms. The van der Waals surface area contributed by atoms with Gasteiger partial charge in [-0.1, -0.05) is 50.1 Å². The Morgan fingerprint density at radius 2 is 1.00 bits per heavy atom. The molecule has 3 fully saturated rings. The first-order chi connectivity index (χ1) is 56.3. The minimum atomic E-state index is -1.90. The number of carbonyl (C=O) groups is 17. The number of ether oxygens (including phenoxy) is 3. The molecule has 13 amide bonds. The maximum atomic E-state index is 15.0. The summed E-state index contributed by atoms with van der Waals surface area (Å²) in [4.78, 5) is 237. The van der Waals surface area contributed by atoms with Crippen LogP contribution < -0.4 is 48.7 Å². The van der Waals surface area contributed by atoms with Crippen LogP contribution in [0.4, 0.5) is 0 Å². The molecule has 1 aromatic rings. The van der Waals surface area contributed by atoms with Gasteiger partial charge in [-0.25, -0.2) is 0 Å². The zero-order chi connectivity index (χ0) is 86.8. The number of likely N-dealkylation sites (tertiary alicyclic amines) is 2. The predicted molar refractivity (Wildman–Crippen MR) is 426 cm³/mol. The van der Waals surface area contributed by atoms with Crippen LogP contribution in [0.2, 0.25) is 0 Å². The average molecular weight is 1710 g/mol. The van der Waals surface area contributed by atoms with Gasteiger partial charge in [0.25, 0.3) is 11.8 Å². The van der Waals surface area contributed by atoms with Crippen molar-refractivity contribution in [2.24, 2.45) is 11.5 Å². The Balaban J connectivity index is 1.31. The number of nitrogens with one attached hydrogen (secondary N) is 7. The summed E-state index contributed by atoms with van der Waals surface area (Å²) < 4.78 is 17.2. The second-order valence-corrected chi connectivity index (χ2v) is 30.9. The van der Waals surface area contributed by atoms with E-state index in [4.69, 9.17) is 25.7 Å². The van der Waals surface area contributed by atoms with Crippen molar-refractivity contribution in [2.75, 3.05) is 163 Å². The smallest absolute Gasteiger partial charge is 0.317 e. The number of aliphatic hydroxyl groups excluding tert-OH is 1. The second kappa shape index (κ2) is 53.1.